The van der Waals surface area contributed by atoms with Gasteiger partial charge in [-0.25, -0.2) is 4.79 Å². The summed E-state index contributed by atoms with van der Waals surface area (Å²) in [7, 11) is 0. The first-order valence-corrected chi connectivity index (χ1v) is 7.08. The highest BCUT2D eigenvalue weighted by molar-refractivity contribution is 7.99. The van der Waals surface area contributed by atoms with Crippen LogP contribution in [0.4, 0.5) is 0 Å². The number of rotatable bonds is 6. The molecule has 0 unspecified atom stereocenters. The highest BCUT2D eigenvalue weighted by Crippen LogP contribution is 2.16. The Labute approximate surface area is 110 Å². The first-order valence-electron chi connectivity index (χ1n) is 6.09. The lowest BCUT2D eigenvalue weighted by molar-refractivity contribution is -0.764. The van der Waals surface area contributed by atoms with Crippen molar-refractivity contribution in [2.45, 2.75) is 31.2 Å². The first kappa shape index (κ1) is 13.0. The fourth-order valence-corrected chi connectivity index (χ4v) is 2.61. The van der Waals surface area contributed by atoms with Crippen molar-refractivity contribution in [1.82, 2.24) is 5.27 Å². The predicted octanol–water partition coefficient (Wildman–Crippen LogP) is 2.00. The molecule has 1 heterocycles. The number of nitrogens with one attached hydrogen (secondary N) is 1. The Morgan fingerprint density at radius 3 is 2.83 bits per heavy atom. The van der Waals surface area contributed by atoms with Crippen LogP contribution in [0.2, 0.25) is 0 Å². The summed E-state index contributed by atoms with van der Waals surface area (Å²) in [5, 5.41) is 2.66. The van der Waals surface area contributed by atoms with E-state index in [0.29, 0.717) is 0 Å². The minimum absolute atomic E-state index is 0.249. The van der Waals surface area contributed by atoms with E-state index in [4.69, 9.17) is 4.52 Å². The van der Waals surface area contributed by atoms with Crippen molar-refractivity contribution in [3.63, 3.8) is 0 Å². The molecule has 2 aromatic rings. The van der Waals surface area contributed by atoms with E-state index in [0.717, 1.165) is 30.8 Å². The van der Waals surface area contributed by atoms with Gasteiger partial charge in [0.2, 0.25) is 0 Å². The zero-order valence-corrected chi connectivity index (χ0v) is 11.2. The van der Waals surface area contributed by atoms with Crippen molar-refractivity contribution in [3.8, 4) is 0 Å². The van der Waals surface area contributed by atoms with Crippen LogP contribution in [0.5, 0.6) is 0 Å². The maximum atomic E-state index is 11.4. The number of aromatic amines is 1. The second-order valence-corrected chi connectivity index (χ2v) is 5.16. The number of hydrogen-bond donors (Lipinski definition) is 1. The Bertz CT molecular complexity index is 533. The predicted molar refractivity (Wildman–Crippen MR) is 70.7 cm³/mol. The van der Waals surface area contributed by atoms with Gasteiger partial charge in [-0.05, 0) is 23.8 Å². The van der Waals surface area contributed by atoms with E-state index in [9.17, 15) is 4.79 Å². The normalized spacial score (nSPS) is 10.7. The van der Waals surface area contributed by atoms with Crippen molar-refractivity contribution in [2.75, 3.05) is 5.75 Å². The van der Waals surface area contributed by atoms with Crippen LogP contribution in [0, 0.1) is 0 Å². The van der Waals surface area contributed by atoms with Crippen LogP contribution in [-0.2, 0) is 13.0 Å². The quantitative estimate of drug-likeness (QED) is 0.642. The van der Waals surface area contributed by atoms with Gasteiger partial charge >= 0.3 is 5.63 Å². The van der Waals surface area contributed by atoms with E-state index >= 15 is 0 Å². The third-order valence-electron chi connectivity index (χ3n) is 2.62. The number of H-pyrrole nitrogens is 1. The van der Waals surface area contributed by atoms with Gasteiger partial charge in [-0.15, -0.1) is 11.8 Å². The molecule has 0 saturated heterocycles. The topological polar surface area (TPSA) is 49.9 Å². The zero-order valence-electron chi connectivity index (χ0n) is 10.4. The van der Waals surface area contributed by atoms with Gasteiger partial charge in [-0.1, -0.05) is 29.8 Å². The van der Waals surface area contributed by atoms with Gasteiger partial charge in [0.05, 0.1) is 5.75 Å². The molecule has 0 spiro atoms. The molecule has 1 aromatic carbocycles. The summed E-state index contributed by atoms with van der Waals surface area (Å²) in [6, 6.07) is 10.2. The highest BCUT2D eigenvalue weighted by atomic mass is 32.2. The van der Waals surface area contributed by atoms with Crippen molar-refractivity contribution < 1.29 is 9.20 Å². The number of thioether (sulfide) groups is 1. The fourth-order valence-electron chi connectivity index (χ4n) is 1.75. The summed E-state index contributed by atoms with van der Waals surface area (Å²) < 4.78 is 6.63. The van der Waals surface area contributed by atoms with Crippen LogP contribution >= 0.6 is 11.8 Å². The average Bonchev–Trinajstić information content (AvgIpc) is 2.73. The number of hydrogen-bond acceptors (Lipinski definition) is 3. The van der Waals surface area contributed by atoms with Gasteiger partial charge in [-0.2, -0.15) is 0 Å². The molecule has 0 fully saturated rings. The molecule has 0 amide bonds. The van der Waals surface area contributed by atoms with Gasteiger partial charge in [-0.3, -0.25) is 4.52 Å². The van der Waals surface area contributed by atoms with E-state index < -0.39 is 0 Å². The monoisotopic (exact) mass is 265 g/mol. The van der Waals surface area contributed by atoms with Crippen molar-refractivity contribution >= 4 is 11.8 Å². The molecule has 0 aliphatic heterocycles. The highest BCUT2D eigenvalue weighted by Gasteiger charge is 2.18. The summed E-state index contributed by atoms with van der Waals surface area (Å²) in [4.78, 5) is 12.7. The minimum Gasteiger partial charge on any atom is -0.283 e. The summed E-state index contributed by atoms with van der Waals surface area (Å²) in [6.45, 7) is 2.80. The van der Waals surface area contributed by atoms with Crippen molar-refractivity contribution in [3.05, 3.63) is 46.4 Å². The van der Waals surface area contributed by atoms with Gasteiger partial charge in [0.25, 0.3) is 5.69 Å². The van der Waals surface area contributed by atoms with Crippen molar-refractivity contribution in [1.29, 1.82) is 0 Å². The Balaban J connectivity index is 1.92. The van der Waals surface area contributed by atoms with E-state index in [1.165, 1.54) is 4.90 Å². The number of aromatic nitrogens is 2. The second kappa shape index (κ2) is 6.44. The molecular formula is C13H17N2O2S+. The van der Waals surface area contributed by atoms with Crippen LogP contribution in [0.25, 0.3) is 0 Å². The van der Waals surface area contributed by atoms with E-state index in [1.807, 2.05) is 22.9 Å². The standard InChI is InChI=1S/C13H16N2O2S/c1-2-6-12-13(16)17-14-15(12)9-10-18-11-7-4-3-5-8-11/h3-5,7-8H,2,6,9-10H2,1H3/p+1. The van der Waals surface area contributed by atoms with Gasteiger partial charge in [0.15, 0.2) is 6.54 Å². The number of benzene rings is 1. The molecule has 4 nitrogen and oxygen atoms in total. The molecule has 0 saturated carbocycles. The van der Waals surface area contributed by atoms with Gasteiger partial charge < -0.3 is 0 Å². The summed E-state index contributed by atoms with van der Waals surface area (Å²) >= 11 is 1.77. The lowest BCUT2D eigenvalue weighted by Crippen LogP contribution is -2.42. The van der Waals surface area contributed by atoms with Crippen LogP contribution in [-0.4, -0.2) is 11.0 Å². The summed E-state index contributed by atoms with van der Waals surface area (Å²) in [6.07, 6.45) is 1.69. The third-order valence-corrected chi connectivity index (χ3v) is 3.62. The number of nitrogens with zero attached hydrogens (tertiary/aromatic N) is 1. The fraction of sp³-hybridized carbons (Fsp3) is 0.385. The molecule has 2 rings (SSSR count). The van der Waals surface area contributed by atoms with E-state index in [-0.39, 0.29) is 5.63 Å². The third kappa shape index (κ3) is 3.26. The lowest BCUT2D eigenvalue weighted by atomic mass is 10.3. The summed E-state index contributed by atoms with van der Waals surface area (Å²) in [5.41, 5.74) is 0.479. The first-order chi connectivity index (χ1) is 8.81. The Hall–Kier alpha value is -1.49. The van der Waals surface area contributed by atoms with Crippen LogP contribution in [0.1, 0.15) is 19.0 Å². The molecular weight excluding hydrogens is 248 g/mol. The molecule has 0 aliphatic rings. The minimum atomic E-state index is -0.249. The van der Waals surface area contributed by atoms with E-state index in [2.05, 4.69) is 24.3 Å². The molecule has 18 heavy (non-hydrogen) atoms. The maximum absolute atomic E-state index is 11.4. The maximum Gasteiger partial charge on any atom is 0.429 e. The van der Waals surface area contributed by atoms with Crippen molar-refractivity contribution in [2.24, 2.45) is 0 Å². The van der Waals surface area contributed by atoms with Crippen LogP contribution in [0.3, 0.4) is 0 Å². The average molecular weight is 265 g/mol. The molecule has 96 valence electrons. The molecule has 1 aromatic heterocycles. The van der Waals surface area contributed by atoms with Crippen LogP contribution in [0.15, 0.2) is 44.5 Å². The number of aryl methyl sites for hydroxylation is 1. The molecule has 0 atom stereocenters. The van der Waals surface area contributed by atoms with Gasteiger partial charge in [0, 0.05) is 11.3 Å². The Kier molecular flexibility index (Phi) is 4.64. The van der Waals surface area contributed by atoms with Crippen LogP contribution < -0.4 is 10.3 Å². The largest absolute Gasteiger partial charge is 0.429 e. The van der Waals surface area contributed by atoms with Gasteiger partial charge in [0.1, 0.15) is 0 Å². The van der Waals surface area contributed by atoms with E-state index in [1.54, 1.807) is 11.8 Å². The molecule has 5 heteroatoms. The molecule has 0 bridgehead atoms. The molecule has 0 radical (unpaired) electrons. The Morgan fingerprint density at radius 2 is 2.11 bits per heavy atom. The summed E-state index contributed by atoms with van der Waals surface area (Å²) in [5.74, 6) is 0.904. The second-order valence-electron chi connectivity index (χ2n) is 3.99. The SMILES string of the molecule is CCCc1c(=O)o[nH][n+]1CCSc1ccccc1. The molecule has 0 aliphatic carbocycles. The molecule has 1 N–H and O–H groups in total. The smallest absolute Gasteiger partial charge is 0.283 e. The zero-order chi connectivity index (χ0) is 12.8. The Morgan fingerprint density at radius 1 is 1.33 bits per heavy atom. The lowest BCUT2D eigenvalue weighted by Gasteiger charge is -1.97.